The zero-order valence-electron chi connectivity index (χ0n) is 10.5. The van der Waals surface area contributed by atoms with Crippen LogP contribution in [0.1, 0.15) is 5.56 Å². The molecule has 0 radical (unpaired) electrons. The van der Waals surface area contributed by atoms with E-state index in [1.807, 2.05) is 25.1 Å². The van der Waals surface area contributed by atoms with Gasteiger partial charge in [-0.05, 0) is 24.6 Å². The van der Waals surface area contributed by atoms with Crippen molar-refractivity contribution in [1.29, 1.82) is 0 Å². The van der Waals surface area contributed by atoms with E-state index in [0.717, 1.165) is 10.2 Å². The predicted octanol–water partition coefficient (Wildman–Crippen LogP) is 0.773. The molecule has 0 aliphatic rings. The summed E-state index contributed by atoms with van der Waals surface area (Å²) in [6, 6.07) is 8.63. The number of carbonyl (C=O) groups is 1. The SMILES string of the molecule is Cc1cccc(NC(=O)Cn2ncc(N)cc2=O)c1. The van der Waals surface area contributed by atoms with Crippen LogP contribution < -0.4 is 16.6 Å². The second-order valence-corrected chi connectivity index (χ2v) is 4.20. The van der Waals surface area contributed by atoms with Gasteiger partial charge in [-0.15, -0.1) is 0 Å². The molecule has 0 aliphatic carbocycles. The largest absolute Gasteiger partial charge is 0.397 e. The maximum Gasteiger partial charge on any atom is 0.269 e. The van der Waals surface area contributed by atoms with Gasteiger partial charge >= 0.3 is 0 Å². The molecule has 0 unspecified atom stereocenters. The zero-order chi connectivity index (χ0) is 13.8. The number of anilines is 2. The van der Waals surface area contributed by atoms with Gasteiger partial charge in [-0.3, -0.25) is 9.59 Å². The normalized spacial score (nSPS) is 10.2. The molecular weight excluding hydrogens is 244 g/mol. The van der Waals surface area contributed by atoms with Crippen molar-refractivity contribution in [1.82, 2.24) is 9.78 Å². The van der Waals surface area contributed by atoms with E-state index in [0.29, 0.717) is 5.69 Å². The van der Waals surface area contributed by atoms with Gasteiger partial charge in [0.15, 0.2) is 0 Å². The number of hydrogen-bond acceptors (Lipinski definition) is 4. The van der Waals surface area contributed by atoms with Crippen molar-refractivity contribution < 1.29 is 4.79 Å². The third-order valence-electron chi connectivity index (χ3n) is 2.49. The molecule has 0 saturated carbocycles. The molecule has 1 aromatic heterocycles. The summed E-state index contributed by atoms with van der Waals surface area (Å²) in [6.07, 6.45) is 1.33. The van der Waals surface area contributed by atoms with Crippen LogP contribution in [0.2, 0.25) is 0 Å². The summed E-state index contributed by atoms with van der Waals surface area (Å²) in [5.41, 5.74) is 7.03. The van der Waals surface area contributed by atoms with Crippen LogP contribution in [0, 0.1) is 6.92 Å². The van der Waals surface area contributed by atoms with Crippen LogP contribution in [0.15, 0.2) is 41.3 Å². The molecule has 19 heavy (non-hydrogen) atoms. The van der Waals surface area contributed by atoms with Gasteiger partial charge in [0.25, 0.3) is 5.56 Å². The molecule has 3 N–H and O–H groups in total. The van der Waals surface area contributed by atoms with E-state index in [9.17, 15) is 9.59 Å². The third kappa shape index (κ3) is 3.41. The number of nitrogens with two attached hydrogens (primary N) is 1. The number of nitrogens with one attached hydrogen (secondary N) is 1. The number of hydrogen-bond donors (Lipinski definition) is 2. The van der Waals surface area contributed by atoms with Gasteiger partial charge in [-0.25, -0.2) is 4.68 Å². The maximum atomic E-state index is 11.8. The number of nitrogens with zero attached hydrogens (tertiary/aromatic N) is 2. The Labute approximate surface area is 109 Å². The second-order valence-electron chi connectivity index (χ2n) is 4.20. The molecule has 98 valence electrons. The zero-order valence-corrected chi connectivity index (χ0v) is 10.5. The number of aromatic nitrogens is 2. The van der Waals surface area contributed by atoms with Crippen molar-refractivity contribution in [3.63, 3.8) is 0 Å². The fourth-order valence-electron chi connectivity index (χ4n) is 1.63. The van der Waals surface area contributed by atoms with Gasteiger partial charge in [-0.1, -0.05) is 12.1 Å². The number of rotatable bonds is 3. The van der Waals surface area contributed by atoms with Gasteiger partial charge in [0, 0.05) is 11.8 Å². The Hall–Kier alpha value is -2.63. The van der Waals surface area contributed by atoms with Crippen LogP contribution in [0.5, 0.6) is 0 Å². The first-order chi connectivity index (χ1) is 9.04. The minimum atomic E-state index is -0.403. The van der Waals surface area contributed by atoms with E-state index in [2.05, 4.69) is 10.4 Å². The van der Waals surface area contributed by atoms with Crippen LogP contribution in [-0.4, -0.2) is 15.7 Å². The smallest absolute Gasteiger partial charge is 0.269 e. The number of nitrogen functional groups attached to an aromatic ring is 1. The van der Waals surface area contributed by atoms with Gasteiger partial charge in [0.2, 0.25) is 5.91 Å². The quantitative estimate of drug-likeness (QED) is 0.851. The molecule has 2 aromatic rings. The highest BCUT2D eigenvalue weighted by atomic mass is 16.2. The molecule has 0 bridgehead atoms. The van der Waals surface area contributed by atoms with E-state index >= 15 is 0 Å². The number of aryl methyl sites for hydroxylation is 1. The number of carbonyl (C=O) groups excluding carboxylic acids is 1. The van der Waals surface area contributed by atoms with Crippen molar-refractivity contribution in [2.45, 2.75) is 13.5 Å². The minimum Gasteiger partial charge on any atom is -0.397 e. The first kappa shape index (κ1) is 12.8. The first-order valence-corrected chi connectivity index (χ1v) is 5.74. The topological polar surface area (TPSA) is 90.0 Å². The highest BCUT2D eigenvalue weighted by Gasteiger charge is 2.06. The van der Waals surface area contributed by atoms with Gasteiger partial charge in [-0.2, -0.15) is 5.10 Å². The van der Waals surface area contributed by atoms with Gasteiger partial charge in [0.05, 0.1) is 11.9 Å². The monoisotopic (exact) mass is 258 g/mol. The fourth-order valence-corrected chi connectivity index (χ4v) is 1.63. The maximum absolute atomic E-state index is 11.8. The highest BCUT2D eigenvalue weighted by Crippen LogP contribution is 2.09. The average Bonchev–Trinajstić information content (AvgIpc) is 2.33. The van der Waals surface area contributed by atoms with E-state index in [1.165, 1.54) is 12.3 Å². The lowest BCUT2D eigenvalue weighted by Gasteiger charge is -2.07. The van der Waals surface area contributed by atoms with Crippen molar-refractivity contribution in [2.24, 2.45) is 0 Å². The van der Waals surface area contributed by atoms with Crippen molar-refractivity contribution >= 4 is 17.3 Å². The Balaban J connectivity index is 2.07. The highest BCUT2D eigenvalue weighted by molar-refractivity contribution is 5.90. The average molecular weight is 258 g/mol. The van der Waals surface area contributed by atoms with E-state index in [-0.39, 0.29) is 18.1 Å². The van der Waals surface area contributed by atoms with Crippen LogP contribution in [0.4, 0.5) is 11.4 Å². The lowest BCUT2D eigenvalue weighted by atomic mass is 10.2. The molecule has 2 rings (SSSR count). The Kier molecular flexibility index (Phi) is 3.61. The fraction of sp³-hybridized carbons (Fsp3) is 0.154. The van der Waals surface area contributed by atoms with E-state index < -0.39 is 5.56 Å². The number of benzene rings is 1. The summed E-state index contributed by atoms with van der Waals surface area (Å²) < 4.78 is 1.06. The third-order valence-corrected chi connectivity index (χ3v) is 2.49. The Morgan fingerprint density at radius 3 is 2.89 bits per heavy atom. The lowest BCUT2D eigenvalue weighted by Crippen LogP contribution is -2.29. The molecule has 6 heteroatoms. The van der Waals surface area contributed by atoms with Gasteiger partial charge in [0.1, 0.15) is 6.54 Å². The summed E-state index contributed by atoms with van der Waals surface area (Å²) in [7, 11) is 0. The molecule has 0 spiro atoms. The predicted molar refractivity (Wildman–Crippen MR) is 72.7 cm³/mol. The van der Waals surface area contributed by atoms with Crippen LogP contribution in [-0.2, 0) is 11.3 Å². The molecule has 1 aromatic carbocycles. The van der Waals surface area contributed by atoms with Crippen LogP contribution in [0.25, 0.3) is 0 Å². The molecule has 0 atom stereocenters. The van der Waals surface area contributed by atoms with E-state index in [4.69, 9.17) is 5.73 Å². The summed E-state index contributed by atoms with van der Waals surface area (Å²) >= 11 is 0. The summed E-state index contributed by atoms with van der Waals surface area (Å²) in [5, 5.41) is 6.50. The summed E-state index contributed by atoms with van der Waals surface area (Å²) in [5.74, 6) is -0.315. The first-order valence-electron chi connectivity index (χ1n) is 5.74. The van der Waals surface area contributed by atoms with Crippen molar-refractivity contribution in [3.05, 3.63) is 52.4 Å². The van der Waals surface area contributed by atoms with Crippen LogP contribution in [0.3, 0.4) is 0 Å². The standard InChI is InChI=1S/C13H14N4O2/c1-9-3-2-4-11(5-9)16-12(18)8-17-13(19)6-10(14)7-15-17/h2-7H,8,14H2,1H3,(H,16,18). The second kappa shape index (κ2) is 5.34. The van der Waals surface area contributed by atoms with Crippen molar-refractivity contribution in [2.75, 3.05) is 11.1 Å². The molecule has 0 saturated heterocycles. The molecule has 0 fully saturated rings. The Bertz CT molecular complexity index is 664. The molecule has 1 amide bonds. The number of amides is 1. The Morgan fingerprint density at radius 1 is 1.42 bits per heavy atom. The van der Waals surface area contributed by atoms with Crippen molar-refractivity contribution in [3.8, 4) is 0 Å². The molecular formula is C13H14N4O2. The van der Waals surface area contributed by atoms with E-state index in [1.54, 1.807) is 6.07 Å². The summed E-state index contributed by atoms with van der Waals surface area (Å²) in [6.45, 7) is 1.79. The van der Waals surface area contributed by atoms with Crippen LogP contribution >= 0.6 is 0 Å². The minimum absolute atomic E-state index is 0.146. The molecule has 1 heterocycles. The molecule has 6 nitrogen and oxygen atoms in total. The van der Waals surface area contributed by atoms with Gasteiger partial charge < -0.3 is 11.1 Å². The molecule has 0 aliphatic heterocycles. The lowest BCUT2D eigenvalue weighted by molar-refractivity contribution is -0.117. The summed E-state index contributed by atoms with van der Waals surface area (Å²) in [4.78, 5) is 23.3. The Morgan fingerprint density at radius 2 is 2.21 bits per heavy atom.